The molecule has 3 aromatic rings. The molecule has 0 aliphatic heterocycles. The number of aryl methyl sites for hydroxylation is 1. The van der Waals surface area contributed by atoms with E-state index in [4.69, 9.17) is 0 Å². The number of hydrogen-bond donors (Lipinski definition) is 2. The molecule has 1 amide bonds. The van der Waals surface area contributed by atoms with Gasteiger partial charge in [-0.15, -0.1) is 0 Å². The predicted molar refractivity (Wildman–Crippen MR) is 73.0 cm³/mol. The van der Waals surface area contributed by atoms with Crippen LogP contribution in [0.2, 0.25) is 0 Å². The van der Waals surface area contributed by atoms with Gasteiger partial charge in [-0.3, -0.25) is 14.9 Å². The highest BCUT2D eigenvalue weighted by Crippen LogP contribution is 2.16. The van der Waals surface area contributed by atoms with Gasteiger partial charge in [0, 0.05) is 17.1 Å². The zero-order chi connectivity index (χ0) is 13.2. The average molecular weight is 252 g/mol. The fraction of sp³-hybridized carbons (Fsp3) is 0.0714. The minimum atomic E-state index is -0.160. The lowest BCUT2D eigenvalue weighted by molar-refractivity contribution is 0.102. The first-order valence-corrected chi connectivity index (χ1v) is 5.89. The first-order valence-electron chi connectivity index (χ1n) is 5.89. The summed E-state index contributed by atoms with van der Waals surface area (Å²) in [5.74, 6) is -0.160. The molecule has 1 aromatic carbocycles. The minimum absolute atomic E-state index is 0.160. The number of nitrogens with one attached hydrogen (secondary N) is 2. The Kier molecular flexibility index (Phi) is 2.72. The third-order valence-electron chi connectivity index (χ3n) is 2.99. The van der Waals surface area contributed by atoms with Gasteiger partial charge in [-0.1, -0.05) is 6.07 Å². The van der Waals surface area contributed by atoms with Gasteiger partial charge in [-0.2, -0.15) is 5.10 Å². The third kappa shape index (κ3) is 2.18. The lowest BCUT2D eigenvalue weighted by Gasteiger charge is -2.07. The SMILES string of the molecule is Cc1ccncc1NC(=O)c1ccc2cn[nH]c2c1. The largest absolute Gasteiger partial charge is 0.320 e. The first kappa shape index (κ1) is 11.4. The number of carbonyl (C=O) groups excluding carboxylic acids is 1. The fourth-order valence-corrected chi connectivity index (χ4v) is 1.87. The molecule has 0 saturated carbocycles. The summed E-state index contributed by atoms with van der Waals surface area (Å²) < 4.78 is 0. The Bertz CT molecular complexity index is 748. The number of pyridine rings is 1. The molecule has 0 atom stereocenters. The number of H-pyrrole nitrogens is 1. The zero-order valence-corrected chi connectivity index (χ0v) is 10.3. The number of fused-ring (bicyclic) bond motifs is 1. The number of anilines is 1. The normalized spacial score (nSPS) is 10.6. The Hall–Kier alpha value is -2.69. The van der Waals surface area contributed by atoms with Crippen molar-refractivity contribution in [2.75, 3.05) is 5.32 Å². The van der Waals surface area contributed by atoms with Gasteiger partial charge >= 0.3 is 0 Å². The Morgan fingerprint density at radius 2 is 2.16 bits per heavy atom. The van der Waals surface area contributed by atoms with Crippen LogP contribution in [0.3, 0.4) is 0 Å². The van der Waals surface area contributed by atoms with Crippen LogP contribution in [0.4, 0.5) is 5.69 Å². The highest BCUT2D eigenvalue weighted by Gasteiger charge is 2.08. The van der Waals surface area contributed by atoms with Crippen LogP contribution in [-0.2, 0) is 0 Å². The van der Waals surface area contributed by atoms with Crippen LogP contribution >= 0.6 is 0 Å². The van der Waals surface area contributed by atoms with Crippen LogP contribution in [0.25, 0.3) is 10.9 Å². The molecule has 5 heteroatoms. The molecule has 5 nitrogen and oxygen atoms in total. The molecule has 3 rings (SSSR count). The Labute approximate surface area is 109 Å². The molecule has 0 aliphatic carbocycles. The van der Waals surface area contributed by atoms with Crippen molar-refractivity contribution in [3.8, 4) is 0 Å². The Balaban J connectivity index is 1.89. The number of amides is 1. The number of carbonyl (C=O) groups is 1. The third-order valence-corrected chi connectivity index (χ3v) is 2.99. The van der Waals surface area contributed by atoms with Crippen molar-refractivity contribution in [2.24, 2.45) is 0 Å². The van der Waals surface area contributed by atoms with E-state index in [1.807, 2.05) is 19.1 Å². The molecule has 0 saturated heterocycles. The average Bonchev–Trinajstić information content (AvgIpc) is 2.88. The monoisotopic (exact) mass is 252 g/mol. The van der Waals surface area contributed by atoms with Crippen LogP contribution in [0, 0.1) is 6.92 Å². The summed E-state index contributed by atoms with van der Waals surface area (Å²) in [5.41, 5.74) is 3.12. The van der Waals surface area contributed by atoms with Crippen molar-refractivity contribution in [1.29, 1.82) is 0 Å². The summed E-state index contributed by atoms with van der Waals surface area (Å²) in [4.78, 5) is 16.2. The summed E-state index contributed by atoms with van der Waals surface area (Å²) in [5, 5.41) is 10.6. The van der Waals surface area contributed by atoms with Crippen LogP contribution in [-0.4, -0.2) is 21.1 Å². The van der Waals surface area contributed by atoms with E-state index in [0.717, 1.165) is 22.2 Å². The predicted octanol–water partition coefficient (Wildman–Crippen LogP) is 2.52. The summed E-state index contributed by atoms with van der Waals surface area (Å²) in [6.45, 7) is 1.93. The summed E-state index contributed by atoms with van der Waals surface area (Å²) in [6.07, 6.45) is 5.06. The topological polar surface area (TPSA) is 70.7 Å². The molecule has 2 aromatic heterocycles. The van der Waals surface area contributed by atoms with Crippen LogP contribution in [0.15, 0.2) is 42.9 Å². The molecule has 0 radical (unpaired) electrons. The van der Waals surface area contributed by atoms with Gasteiger partial charge in [-0.25, -0.2) is 0 Å². The van der Waals surface area contributed by atoms with Crippen LogP contribution < -0.4 is 5.32 Å². The highest BCUT2D eigenvalue weighted by molar-refractivity contribution is 6.06. The smallest absolute Gasteiger partial charge is 0.255 e. The number of rotatable bonds is 2. The molecule has 2 N–H and O–H groups in total. The molecule has 2 heterocycles. The van der Waals surface area contributed by atoms with Crippen LogP contribution in [0.5, 0.6) is 0 Å². The molecule has 0 aliphatic rings. The summed E-state index contributed by atoms with van der Waals surface area (Å²) in [7, 11) is 0. The van der Waals surface area contributed by atoms with Crippen LogP contribution in [0.1, 0.15) is 15.9 Å². The maximum absolute atomic E-state index is 12.2. The van der Waals surface area contributed by atoms with Crippen molar-refractivity contribution in [2.45, 2.75) is 6.92 Å². The standard InChI is InChI=1S/C14H12N4O/c1-9-4-5-15-8-13(9)17-14(19)10-2-3-11-7-16-18-12(11)6-10/h2-8H,1H3,(H,16,18)(H,17,19). The lowest BCUT2D eigenvalue weighted by atomic mass is 10.1. The molecule has 19 heavy (non-hydrogen) atoms. The van der Waals surface area contributed by atoms with Gasteiger partial charge in [0.2, 0.25) is 0 Å². The summed E-state index contributed by atoms with van der Waals surface area (Å²) >= 11 is 0. The molecule has 0 fully saturated rings. The van der Waals surface area contributed by atoms with E-state index >= 15 is 0 Å². The van der Waals surface area contributed by atoms with Crippen molar-refractivity contribution >= 4 is 22.5 Å². The van der Waals surface area contributed by atoms with Gasteiger partial charge in [-0.05, 0) is 30.7 Å². The Morgan fingerprint density at radius 1 is 1.26 bits per heavy atom. The van der Waals surface area contributed by atoms with E-state index in [9.17, 15) is 4.79 Å². The highest BCUT2D eigenvalue weighted by atomic mass is 16.1. The fourth-order valence-electron chi connectivity index (χ4n) is 1.87. The number of aromatic amines is 1. The second-order valence-electron chi connectivity index (χ2n) is 4.32. The van der Waals surface area contributed by atoms with Crippen molar-refractivity contribution in [1.82, 2.24) is 15.2 Å². The van der Waals surface area contributed by atoms with Gasteiger partial charge in [0.1, 0.15) is 0 Å². The molecular weight excluding hydrogens is 240 g/mol. The van der Waals surface area contributed by atoms with Gasteiger partial charge in [0.25, 0.3) is 5.91 Å². The van der Waals surface area contributed by atoms with E-state index in [1.54, 1.807) is 30.7 Å². The number of benzene rings is 1. The van der Waals surface area contributed by atoms with Crippen molar-refractivity contribution < 1.29 is 4.79 Å². The van der Waals surface area contributed by atoms with E-state index in [0.29, 0.717) is 5.56 Å². The zero-order valence-electron chi connectivity index (χ0n) is 10.3. The van der Waals surface area contributed by atoms with Crippen molar-refractivity contribution in [3.05, 3.63) is 54.0 Å². The quantitative estimate of drug-likeness (QED) is 0.736. The minimum Gasteiger partial charge on any atom is -0.320 e. The number of hydrogen-bond acceptors (Lipinski definition) is 3. The number of nitrogens with zero attached hydrogens (tertiary/aromatic N) is 2. The molecule has 94 valence electrons. The Morgan fingerprint density at radius 3 is 3.00 bits per heavy atom. The molecule has 0 unspecified atom stereocenters. The lowest BCUT2D eigenvalue weighted by Crippen LogP contribution is -2.12. The molecular formula is C14H12N4O. The van der Waals surface area contributed by atoms with Crippen molar-refractivity contribution in [3.63, 3.8) is 0 Å². The van der Waals surface area contributed by atoms with E-state index in [2.05, 4.69) is 20.5 Å². The number of aromatic nitrogens is 3. The molecule has 0 bridgehead atoms. The molecule has 0 spiro atoms. The maximum Gasteiger partial charge on any atom is 0.255 e. The maximum atomic E-state index is 12.2. The second-order valence-corrected chi connectivity index (χ2v) is 4.32. The summed E-state index contributed by atoms with van der Waals surface area (Å²) in [6, 6.07) is 7.28. The second kappa shape index (κ2) is 4.53. The van der Waals surface area contributed by atoms with E-state index in [-0.39, 0.29) is 5.91 Å². The van der Waals surface area contributed by atoms with Gasteiger partial charge in [0.15, 0.2) is 0 Å². The first-order chi connectivity index (χ1) is 9.24. The van der Waals surface area contributed by atoms with E-state index < -0.39 is 0 Å². The van der Waals surface area contributed by atoms with Gasteiger partial charge < -0.3 is 5.32 Å². The van der Waals surface area contributed by atoms with Gasteiger partial charge in [0.05, 0.1) is 23.6 Å². The van der Waals surface area contributed by atoms with E-state index in [1.165, 1.54) is 0 Å².